The Morgan fingerprint density at radius 2 is 2.00 bits per heavy atom. The smallest absolute Gasteiger partial charge is 0.245 e. The molecule has 0 aromatic carbocycles. The summed E-state index contributed by atoms with van der Waals surface area (Å²) in [6, 6.07) is 0. The van der Waals surface area contributed by atoms with E-state index in [9.17, 15) is 0 Å². The third-order valence-electron chi connectivity index (χ3n) is 1.99. The number of likely N-dealkylation sites (N-methyl/N-ethyl adjacent to an activating group) is 1. The van der Waals surface area contributed by atoms with E-state index in [2.05, 4.69) is 15.2 Å². The highest BCUT2D eigenvalue weighted by atomic mass is 35.5. The van der Waals surface area contributed by atoms with Gasteiger partial charge in [0.05, 0.1) is 6.61 Å². The van der Waals surface area contributed by atoms with Crippen LogP contribution in [0, 0.1) is 0 Å². The maximum Gasteiger partial charge on any atom is 0.245 e. The van der Waals surface area contributed by atoms with E-state index in [1.54, 1.807) is 0 Å². The molecule has 0 amide bonds. The van der Waals surface area contributed by atoms with E-state index in [1.807, 2.05) is 18.7 Å². The first-order valence-electron chi connectivity index (χ1n) is 5.07. The van der Waals surface area contributed by atoms with Crippen molar-refractivity contribution in [2.45, 2.75) is 13.8 Å². The minimum atomic E-state index is 0.0919. The van der Waals surface area contributed by atoms with E-state index in [0.717, 1.165) is 6.54 Å². The highest BCUT2D eigenvalue weighted by Gasteiger charge is 2.12. The van der Waals surface area contributed by atoms with Crippen molar-refractivity contribution in [1.82, 2.24) is 15.2 Å². The lowest BCUT2D eigenvalue weighted by Gasteiger charge is -2.21. The maximum atomic E-state index is 5.91. The number of hydrogen-bond donors (Lipinski definition) is 0. The predicted molar refractivity (Wildman–Crippen MR) is 64.2 cm³/mol. The van der Waals surface area contributed by atoms with Gasteiger partial charge in [0.1, 0.15) is 0 Å². The van der Waals surface area contributed by atoms with Crippen LogP contribution in [0.4, 0.5) is 5.82 Å². The molecule has 0 unspecified atom stereocenters. The minimum absolute atomic E-state index is 0.0919. The number of rotatable bonds is 6. The summed E-state index contributed by atoms with van der Waals surface area (Å²) in [4.78, 5) is 6.00. The second kappa shape index (κ2) is 6.83. The summed E-state index contributed by atoms with van der Waals surface area (Å²) in [6.45, 7) is 6.70. The van der Waals surface area contributed by atoms with Crippen LogP contribution in [-0.4, -0.2) is 41.5 Å². The first kappa shape index (κ1) is 13.4. The molecule has 1 aromatic rings. The van der Waals surface area contributed by atoms with E-state index < -0.39 is 0 Å². The molecule has 0 bridgehead atoms. The fraction of sp³-hybridized carbons (Fsp3) is 0.667. The molecule has 0 saturated carbocycles. The highest BCUT2D eigenvalue weighted by molar-refractivity contribution is 6.32. The monoisotopic (exact) mass is 264 g/mol. The molecule has 0 atom stereocenters. The summed E-state index contributed by atoms with van der Waals surface area (Å²) in [5, 5.41) is 7.63. The number of ether oxygens (including phenoxy) is 1. The predicted octanol–water partition coefficient (Wildman–Crippen LogP) is 2.04. The molecular formula is C9H14Cl2N4O. The van der Waals surface area contributed by atoms with Crippen LogP contribution < -0.4 is 4.90 Å². The van der Waals surface area contributed by atoms with Crippen molar-refractivity contribution in [3.63, 3.8) is 0 Å². The molecule has 5 nitrogen and oxygen atoms in total. The Morgan fingerprint density at radius 3 is 2.62 bits per heavy atom. The van der Waals surface area contributed by atoms with Crippen LogP contribution in [0.5, 0.6) is 0 Å². The van der Waals surface area contributed by atoms with Gasteiger partial charge in [0.25, 0.3) is 0 Å². The number of nitrogens with zero attached hydrogens (tertiary/aromatic N) is 4. The van der Waals surface area contributed by atoms with Crippen LogP contribution in [0.2, 0.25) is 10.4 Å². The molecule has 0 spiro atoms. The van der Waals surface area contributed by atoms with Gasteiger partial charge in [0.2, 0.25) is 5.28 Å². The molecule has 16 heavy (non-hydrogen) atoms. The van der Waals surface area contributed by atoms with Gasteiger partial charge < -0.3 is 9.64 Å². The summed E-state index contributed by atoms with van der Waals surface area (Å²) in [5.74, 6) is 0.545. The molecule has 7 heteroatoms. The molecule has 0 saturated heterocycles. The first-order valence-corrected chi connectivity index (χ1v) is 5.83. The lowest BCUT2D eigenvalue weighted by Crippen LogP contribution is -2.28. The van der Waals surface area contributed by atoms with Gasteiger partial charge in [-0.1, -0.05) is 11.6 Å². The molecule has 0 aliphatic heterocycles. The average Bonchev–Trinajstić information content (AvgIpc) is 2.28. The van der Waals surface area contributed by atoms with Crippen LogP contribution in [0.1, 0.15) is 13.8 Å². The van der Waals surface area contributed by atoms with E-state index in [-0.39, 0.29) is 10.4 Å². The van der Waals surface area contributed by atoms with Crippen LogP contribution in [0.25, 0.3) is 0 Å². The zero-order chi connectivity index (χ0) is 12.0. The summed E-state index contributed by atoms with van der Waals surface area (Å²) in [5.41, 5.74) is 0. The molecule has 1 aromatic heterocycles. The number of halogens is 2. The van der Waals surface area contributed by atoms with E-state index >= 15 is 0 Å². The molecule has 0 aliphatic rings. The normalized spacial score (nSPS) is 10.5. The third-order valence-corrected chi connectivity index (χ3v) is 2.40. The van der Waals surface area contributed by atoms with Crippen molar-refractivity contribution < 1.29 is 4.74 Å². The van der Waals surface area contributed by atoms with Gasteiger partial charge in [0.15, 0.2) is 11.0 Å². The van der Waals surface area contributed by atoms with Gasteiger partial charge >= 0.3 is 0 Å². The van der Waals surface area contributed by atoms with Crippen molar-refractivity contribution in [2.24, 2.45) is 0 Å². The van der Waals surface area contributed by atoms with Gasteiger partial charge in [-0.3, -0.25) is 0 Å². The van der Waals surface area contributed by atoms with Gasteiger partial charge in [-0.2, -0.15) is 4.98 Å². The van der Waals surface area contributed by atoms with E-state index in [0.29, 0.717) is 25.6 Å². The highest BCUT2D eigenvalue weighted by Crippen LogP contribution is 2.20. The first-order chi connectivity index (χ1) is 7.69. The SMILES string of the molecule is CCOCCN(CC)c1nc(Cl)nnc1Cl. The fourth-order valence-corrected chi connectivity index (χ4v) is 1.54. The summed E-state index contributed by atoms with van der Waals surface area (Å²) < 4.78 is 5.28. The van der Waals surface area contributed by atoms with Crippen molar-refractivity contribution >= 4 is 29.0 Å². The number of anilines is 1. The molecule has 0 aliphatic carbocycles. The second-order valence-corrected chi connectivity index (χ2v) is 3.67. The van der Waals surface area contributed by atoms with Gasteiger partial charge in [-0.15, -0.1) is 10.2 Å². The summed E-state index contributed by atoms with van der Waals surface area (Å²) in [7, 11) is 0. The minimum Gasteiger partial charge on any atom is -0.380 e. The molecule has 0 fully saturated rings. The van der Waals surface area contributed by atoms with Crippen LogP contribution in [0.3, 0.4) is 0 Å². The Hall–Kier alpha value is -0.650. The lowest BCUT2D eigenvalue weighted by molar-refractivity contribution is 0.154. The zero-order valence-corrected chi connectivity index (χ0v) is 10.8. The molecule has 0 radical (unpaired) electrons. The largest absolute Gasteiger partial charge is 0.380 e. The van der Waals surface area contributed by atoms with Gasteiger partial charge in [-0.05, 0) is 25.4 Å². The van der Waals surface area contributed by atoms with E-state index in [1.165, 1.54) is 0 Å². The molecular weight excluding hydrogens is 251 g/mol. The Bertz CT molecular complexity index is 337. The molecule has 0 N–H and O–H groups in total. The standard InChI is InChI=1S/C9H14Cl2N4O/c1-3-15(5-6-16-4-2)8-7(10)13-14-9(11)12-8/h3-6H2,1-2H3. The molecule has 1 heterocycles. The zero-order valence-electron chi connectivity index (χ0n) is 9.28. The lowest BCUT2D eigenvalue weighted by atomic mass is 10.5. The van der Waals surface area contributed by atoms with Crippen molar-refractivity contribution in [3.05, 3.63) is 10.4 Å². The maximum absolute atomic E-state index is 5.91. The summed E-state index contributed by atoms with van der Waals surface area (Å²) >= 11 is 11.6. The Morgan fingerprint density at radius 1 is 1.25 bits per heavy atom. The second-order valence-electron chi connectivity index (χ2n) is 2.97. The van der Waals surface area contributed by atoms with Crippen LogP contribution in [0.15, 0.2) is 0 Å². The number of aromatic nitrogens is 3. The number of hydrogen-bond acceptors (Lipinski definition) is 5. The van der Waals surface area contributed by atoms with E-state index in [4.69, 9.17) is 27.9 Å². The van der Waals surface area contributed by atoms with Crippen molar-refractivity contribution in [2.75, 3.05) is 31.2 Å². The van der Waals surface area contributed by atoms with Crippen molar-refractivity contribution in [1.29, 1.82) is 0 Å². The third kappa shape index (κ3) is 3.73. The topological polar surface area (TPSA) is 51.1 Å². The molecule has 90 valence electrons. The molecule has 1 rings (SSSR count). The van der Waals surface area contributed by atoms with Crippen LogP contribution >= 0.6 is 23.2 Å². The van der Waals surface area contributed by atoms with Crippen LogP contribution in [-0.2, 0) is 4.74 Å². The quantitative estimate of drug-likeness (QED) is 0.737. The Labute approximate surface area is 105 Å². The Balaban J connectivity index is 2.73. The Kier molecular flexibility index (Phi) is 5.73. The van der Waals surface area contributed by atoms with Gasteiger partial charge in [0, 0.05) is 19.7 Å². The average molecular weight is 265 g/mol. The van der Waals surface area contributed by atoms with Gasteiger partial charge in [-0.25, -0.2) is 0 Å². The summed E-state index contributed by atoms with van der Waals surface area (Å²) in [6.07, 6.45) is 0. The fourth-order valence-electron chi connectivity index (χ4n) is 1.22. The van der Waals surface area contributed by atoms with Crippen molar-refractivity contribution in [3.8, 4) is 0 Å².